The van der Waals surface area contributed by atoms with Gasteiger partial charge in [-0.15, -0.1) is 11.8 Å². The average molecular weight is 348 g/mol. The van der Waals surface area contributed by atoms with Crippen molar-refractivity contribution in [2.24, 2.45) is 0 Å². The molecule has 0 bridgehead atoms. The van der Waals surface area contributed by atoms with E-state index in [4.69, 9.17) is 11.6 Å². The van der Waals surface area contributed by atoms with Crippen LogP contribution in [0.15, 0.2) is 47.4 Å². The Morgan fingerprint density at radius 2 is 2.13 bits per heavy atom. The van der Waals surface area contributed by atoms with Crippen molar-refractivity contribution in [3.63, 3.8) is 0 Å². The van der Waals surface area contributed by atoms with Gasteiger partial charge >= 0.3 is 0 Å². The van der Waals surface area contributed by atoms with Gasteiger partial charge in [-0.25, -0.2) is 0 Å². The monoisotopic (exact) mass is 347 g/mol. The van der Waals surface area contributed by atoms with Gasteiger partial charge < -0.3 is 10.4 Å². The largest absolute Gasteiger partial charge is 0.508 e. The second-order valence-corrected chi connectivity index (χ2v) is 7.14. The van der Waals surface area contributed by atoms with Crippen molar-refractivity contribution in [2.45, 2.75) is 30.2 Å². The molecule has 1 aliphatic heterocycles. The molecule has 0 fully saturated rings. The van der Waals surface area contributed by atoms with Crippen molar-refractivity contribution in [1.82, 2.24) is 5.32 Å². The summed E-state index contributed by atoms with van der Waals surface area (Å²) in [4.78, 5) is 13.4. The summed E-state index contributed by atoms with van der Waals surface area (Å²) in [5.41, 5.74) is 1.90. The third-order valence-corrected chi connectivity index (χ3v) is 5.32. The van der Waals surface area contributed by atoms with Gasteiger partial charge in [0.15, 0.2) is 0 Å². The zero-order chi connectivity index (χ0) is 16.2. The molecule has 5 heteroatoms. The van der Waals surface area contributed by atoms with Gasteiger partial charge in [-0.2, -0.15) is 0 Å². The maximum Gasteiger partial charge on any atom is 0.220 e. The third-order valence-electron chi connectivity index (χ3n) is 3.96. The number of hydrogen-bond donors (Lipinski definition) is 2. The Labute approximate surface area is 145 Å². The maximum atomic E-state index is 12.3. The zero-order valence-electron chi connectivity index (χ0n) is 12.6. The molecular formula is C18H18ClNO2S. The molecule has 0 aliphatic carbocycles. The van der Waals surface area contributed by atoms with Gasteiger partial charge in [0, 0.05) is 22.1 Å². The second-order valence-electron chi connectivity index (χ2n) is 5.57. The fourth-order valence-electron chi connectivity index (χ4n) is 2.75. The Morgan fingerprint density at radius 3 is 2.96 bits per heavy atom. The van der Waals surface area contributed by atoms with Crippen molar-refractivity contribution in [2.75, 3.05) is 5.75 Å². The van der Waals surface area contributed by atoms with Crippen LogP contribution in [-0.2, 0) is 11.2 Å². The molecule has 0 radical (unpaired) electrons. The fraction of sp³-hybridized carbons (Fsp3) is 0.278. The van der Waals surface area contributed by atoms with Crippen LogP contribution in [-0.4, -0.2) is 16.8 Å². The summed E-state index contributed by atoms with van der Waals surface area (Å²) >= 11 is 7.88. The molecule has 0 spiro atoms. The number of amides is 1. The van der Waals surface area contributed by atoms with Gasteiger partial charge in [0.2, 0.25) is 5.91 Å². The van der Waals surface area contributed by atoms with Crippen LogP contribution in [0.2, 0.25) is 5.02 Å². The summed E-state index contributed by atoms with van der Waals surface area (Å²) in [6.45, 7) is 0. The molecule has 23 heavy (non-hydrogen) atoms. The normalized spacial score (nSPS) is 16.7. The summed E-state index contributed by atoms with van der Waals surface area (Å²) in [6, 6.07) is 13.0. The molecule has 1 amide bonds. The predicted octanol–water partition coefficient (Wildman–Crippen LogP) is 4.33. The van der Waals surface area contributed by atoms with Gasteiger partial charge in [0.05, 0.1) is 6.04 Å². The molecule has 120 valence electrons. The van der Waals surface area contributed by atoms with E-state index in [1.807, 2.05) is 30.3 Å². The minimum atomic E-state index is -0.00363. The van der Waals surface area contributed by atoms with E-state index in [-0.39, 0.29) is 17.7 Å². The summed E-state index contributed by atoms with van der Waals surface area (Å²) in [6.07, 6.45) is 1.79. The van der Waals surface area contributed by atoms with Crippen LogP contribution in [0.5, 0.6) is 5.75 Å². The summed E-state index contributed by atoms with van der Waals surface area (Å²) in [5, 5.41) is 13.6. The summed E-state index contributed by atoms with van der Waals surface area (Å²) < 4.78 is 0. The van der Waals surface area contributed by atoms with E-state index in [1.54, 1.807) is 23.9 Å². The highest BCUT2D eigenvalue weighted by atomic mass is 35.5. The van der Waals surface area contributed by atoms with Crippen LogP contribution >= 0.6 is 23.4 Å². The molecule has 1 aliphatic rings. The number of aryl methyl sites for hydroxylation is 1. The number of phenols is 1. The van der Waals surface area contributed by atoms with E-state index >= 15 is 0 Å². The number of phenolic OH excluding ortho intramolecular Hbond substituents is 1. The lowest BCUT2D eigenvalue weighted by Gasteiger charge is -2.26. The van der Waals surface area contributed by atoms with E-state index in [1.165, 1.54) is 4.90 Å². The second kappa shape index (κ2) is 7.28. The summed E-state index contributed by atoms with van der Waals surface area (Å²) in [5.74, 6) is 1.22. The van der Waals surface area contributed by atoms with E-state index in [9.17, 15) is 9.90 Å². The van der Waals surface area contributed by atoms with Crippen molar-refractivity contribution >= 4 is 29.3 Å². The number of halogens is 1. The summed E-state index contributed by atoms with van der Waals surface area (Å²) in [7, 11) is 0. The molecule has 0 saturated heterocycles. The lowest BCUT2D eigenvalue weighted by atomic mass is 10.0. The highest BCUT2D eigenvalue weighted by Crippen LogP contribution is 2.37. The van der Waals surface area contributed by atoms with Crippen LogP contribution < -0.4 is 5.32 Å². The number of carbonyl (C=O) groups is 1. The Morgan fingerprint density at radius 1 is 1.30 bits per heavy atom. The Balaban J connectivity index is 1.63. The molecule has 3 nitrogen and oxygen atoms in total. The molecule has 3 rings (SSSR count). The third kappa shape index (κ3) is 4.01. The van der Waals surface area contributed by atoms with Gasteiger partial charge in [-0.05, 0) is 48.2 Å². The highest BCUT2D eigenvalue weighted by molar-refractivity contribution is 7.99. The first-order valence-corrected chi connectivity index (χ1v) is 8.98. The van der Waals surface area contributed by atoms with E-state index in [0.29, 0.717) is 17.9 Å². The Bertz CT molecular complexity index is 720. The van der Waals surface area contributed by atoms with E-state index in [0.717, 1.165) is 23.3 Å². The van der Waals surface area contributed by atoms with Crippen LogP contribution in [0.1, 0.15) is 30.0 Å². The van der Waals surface area contributed by atoms with Gasteiger partial charge in [0.1, 0.15) is 5.75 Å². The number of carbonyl (C=O) groups excluding carboxylic acids is 1. The average Bonchev–Trinajstić information content (AvgIpc) is 2.55. The van der Waals surface area contributed by atoms with Crippen LogP contribution in [0.4, 0.5) is 0 Å². The Hall–Kier alpha value is -1.65. The number of hydrogen-bond acceptors (Lipinski definition) is 3. The van der Waals surface area contributed by atoms with Crippen molar-refractivity contribution in [3.05, 3.63) is 58.6 Å². The lowest BCUT2D eigenvalue weighted by molar-refractivity contribution is -0.121. The maximum absolute atomic E-state index is 12.3. The number of thioether (sulfide) groups is 1. The van der Waals surface area contributed by atoms with Crippen LogP contribution in [0.3, 0.4) is 0 Å². The van der Waals surface area contributed by atoms with Crippen LogP contribution in [0, 0.1) is 0 Å². The first-order chi connectivity index (χ1) is 11.1. The van der Waals surface area contributed by atoms with Gasteiger partial charge in [0.25, 0.3) is 0 Å². The number of para-hydroxylation sites is 1. The molecular weight excluding hydrogens is 330 g/mol. The smallest absolute Gasteiger partial charge is 0.220 e. The van der Waals surface area contributed by atoms with Crippen LogP contribution in [0.25, 0.3) is 0 Å². The standard InChI is InChI=1S/C18H18ClNO2S/c19-13-6-7-17-14(11-13)15(9-10-23-17)20-18(22)8-5-12-3-1-2-4-16(12)21/h1-4,6-7,11,15,21H,5,8-10H2,(H,20,22)/t15-/m1/s1. The highest BCUT2D eigenvalue weighted by Gasteiger charge is 2.22. The molecule has 2 aromatic rings. The zero-order valence-corrected chi connectivity index (χ0v) is 14.2. The SMILES string of the molecule is O=C(CCc1ccccc1O)N[C@@H]1CCSc2ccc(Cl)cc21. The van der Waals surface area contributed by atoms with Gasteiger partial charge in [-0.3, -0.25) is 4.79 Å². The molecule has 2 aromatic carbocycles. The van der Waals surface area contributed by atoms with Crippen molar-refractivity contribution < 1.29 is 9.90 Å². The van der Waals surface area contributed by atoms with Crippen molar-refractivity contribution in [1.29, 1.82) is 0 Å². The minimum absolute atomic E-state index is 0.00363. The molecule has 2 N–H and O–H groups in total. The number of nitrogens with one attached hydrogen (secondary N) is 1. The topological polar surface area (TPSA) is 49.3 Å². The number of benzene rings is 2. The molecule has 0 unspecified atom stereocenters. The molecule has 0 aromatic heterocycles. The van der Waals surface area contributed by atoms with E-state index < -0.39 is 0 Å². The lowest BCUT2D eigenvalue weighted by Crippen LogP contribution is -2.30. The van der Waals surface area contributed by atoms with Gasteiger partial charge in [-0.1, -0.05) is 29.8 Å². The minimum Gasteiger partial charge on any atom is -0.508 e. The fourth-order valence-corrected chi connectivity index (χ4v) is 4.04. The van der Waals surface area contributed by atoms with Crippen molar-refractivity contribution in [3.8, 4) is 5.75 Å². The Kier molecular flexibility index (Phi) is 5.13. The van der Waals surface area contributed by atoms with E-state index in [2.05, 4.69) is 5.32 Å². The quantitative estimate of drug-likeness (QED) is 0.865. The molecule has 1 atom stereocenters. The number of aromatic hydroxyl groups is 1. The number of fused-ring (bicyclic) bond motifs is 1. The first-order valence-electron chi connectivity index (χ1n) is 7.62. The molecule has 1 heterocycles. The first kappa shape index (κ1) is 16.2. The molecule has 0 saturated carbocycles. The number of rotatable bonds is 4. The predicted molar refractivity (Wildman–Crippen MR) is 94.1 cm³/mol.